The Hall–Kier alpha value is -3.00. The van der Waals surface area contributed by atoms with Crippen LogP contribution in [0.2, 0.25) is 0 Å². The van der Waals surface area contributed by atoms with Crippen LogP contribution in [0.1, 0.15) is 83.7 Å². The molecule has 4 aliphatic carbocycles. The number of allylic oxidation sites excluding steroid dienone is 2. The fourth-order valence-electron chi connectivity index (χ4n) is 8.66. The van der Waals surface area contributed by atoms with Gasteiger partial charge in [-0.25, -0.2) is 4.79 Å². The second-order valence-corrected chi connectivity index (χ2v) is 12.7. The van der Waals surface area contributed by atoms with Gasteiger partial charge in [-0.2, -0.15) is 0 Å². The Balaban J connectivity index is 1.23. The zero-order valence-corrected chi connectivity index (χ0v) is 24.1. The number of carbonyl (C=O) groups excluding carboxylic acids is 3. The number of carbonyl (C=O) groups is 3. The van der Waals surface area contributed by atoms with Gasteiger partial charge < -0.3 is 20.0 Å². The SMILES string of the molecule is COC(=O)[C@H](NC(=O)CO/N=C1/C=C2CC[C@@H]3[C@H](CC[C@@]4(C)[C@H]3CC[C@]4(O)C(C)=O)[C@@]2(C)CC1)c1ccccc1. The van der Waals surface area contributed by atoms with Crippen LogP contribution >= 0.6 is 0 Å². The molecule has 0 saturated heterocycles. The Morgan fingerprint density at radius 3 is 2.48 bits per heavy atom. The summed E-state index contributed by atoms with van der Waals surface area (Å²) in [5, 5.41) is 18.3. The van der Waals surface area contributed by atoms with Gasteiger partial charge in [0.05, 0.1) is 12.8 Å². The first-order valence-electron chi connectivity index (χ1n) is 14.6. The number of oxime groups is 1. The van der Waals surface area contributed by atoms with Crippen molar-refractivity contribution in [1.82, 2.24) is 5.32 Å². The Bertz CT molecular complexity index is 1230. The summed E-state index contributed by atoms with van der Waals surface area (Å²) in [7, 11) is 1.29. The van der Waals surface area contributed by atoms with Crippen molar-refractivity contribution in [3.63, 3.8) is 0 Å². The molecule has 7 atom stereocenters. The molecule has 1 amide bonds. The summed E-state index contributed by atoms with van der Waals surface area (Å²) in [6, 6.07) is 8.03. The third-order valence-corrected chi connectivity index (χ3v) is 11.0. The molecule has 0 unspecified atom stereocenters. The van der Waals surface area contributed by atoms with Gasteiger partial charge in [-0.1, -0.05) is 54.9 Å². The molecule has 3 saturated carbocycles. The van der Waals surface area contributed by atoms with E-state index in [0.29, 0.717) is 29.7 Å². The number of hydrogen-bond donors (Lipinski definition) is 2. The van der Waals surface area contributed by atoms with Crippen molar-refractivity contribution in [3.05, 3.63) is 47.5 Å². The maximum atomic E-state index is 12.6. The summed E-state index contributed by atoms with van der Waals surface area (Å²) in [6.45, 7) is 5.79. The number of nitrogens with one attached hydrogen (secondary N) is 1. The number of Topliss-reactive ketones (excluding diaryl/α,β-unsaturated/α-hetero) is 1. The van der Waals surface area contributed by atoms with Crippen molar-refractivity contribution in [2.24, 2.45) is 33.7 Å². The summed E-state index contributed by atoms with van der Waals surface area (Å²) in [6.07, 6.45) is 9.33. The molecule has 4 aliphatic rings. The largest absolute Gasteiger partial charge is 0.467 e. The fourth-order valence-corrected chi connectivity index (χ4v) is 8.66. The minimum atomic E-state index is -1.19. The highest BCUT2D eigenvalue weighted by Gasteiger charge is 2.65. The van der Waals surface area contributed by atoms with Crippen molar-refractivity contribution in [2.45, 2.75) is 83.8 Å². The molecule has 0 aliphatic heterocycles. The lowest BCUT2D eigenvalue weighted by atomic mass is 9.46. The summed E-state index contributed by atoms with van der Waals surface area (Å²) >= 11 is 0. The topological polar surface area (TPSA) is 114 Å². The third kappa shape index (κ3) is 4.68. The predicted octanol–water partition coefficient (Wildman–Crippen LogP) is 4.67. The first kappa shape index (κ1) is 28.5. The van der Waals surface area contributed by atoms with Crippen LogP contribution in [-0.4, -0.2) is 47.8 Å². The number of nitrogens with zero attached hydrogens (tertiary/aromatic N) is 1. The van der Waals surface area contributed by atoms with Crippen molar-refractivity contribution < 1.29 is 29.1 Å². The molecule has 0 bridgehead atoms. The monoisotopic (exact) mass is 550 g/mol. The van der Waals surface area contributed by atoms with Gasteiger partial charge in [0.25, 0.3) is 5.91 Å². The minimum Gasteiger partial charge on any atom is -0.467 e. The highest BCUT2D eigenvalue weighted by atomic mass is 16.6. The number of methoxy groups -OCH3 is 1. The highest BCUT2D eigenvalue weighted by molar-refractivity contribution is 5.96. The molecule has 1 aromatic carbocycles. The Labute approximate surface area is 236 Å². The lowest BCUT2D eigenvalue weighted by Crippen LogP contribution is -2.57. The molecule has 8 nitrogen and oxygen atoms in total. The average molecular weight is 551 g/mol. The van der Waals surface area contributed by atoms with Gasteiger partial charge in [0.1, 0.15) is 5.60 Å². The van der Waals surface area contributed by atoms with Crippen molar-refractivity contribution >= 4 is 23.4 Å². The second kappa shape index (κ2) is 10.8. The van der Waals surface area contributed by atoms with Crippen molar-refractivity contribution in [1.29, 1.82) is 0 Å². The van der Waals surface area contributed by atoms with Crippen LogP contribution in [0.4, 0.5) is 0 Å². The summed E-state index contributed by atoms with van der Waals surface area (Å²) in [5.41, 5.74) is 1.41. The summed E-state index contributed by atoms with van der Waals surface area (Å²) in [5.74, 6) is 0.336. The van der Waals surface area contributed by atoms with Crippen LogP contribution in [0.25, 0.3) is 0 Å². The fraction of sp³-hybridized carbons (Fsp3) is 0.625. The number of fused-ring (bicyclic) bond motifs is 5. The lowest BCUT2D eigenvalue weighted by molar-refractivity contribution is -0.159. The van der Waals surface area contributed by atoms with E-state index < -0.39 is 23.5 Å². The maximum Gasteiger partial charge on any atom is 0.333 e. The zero-order valence-electron chi connectivity index (χ0n) is 24.1. The van der Waals surface area contributed by atoms with Gasteiger partial charge in [0.15, 0.2) is 18.4 Å². The quantitative estimate of drug-likeness (QED) is 0.377. The smallest absolute Gasteiger partial charge is 0.333 e. The van der Waals surface area contributed by atoms with Crippen molar-refractivity contribution in [3.8, 4) is 0 Å². The van der Waals surface area contributed by atoms with Gasteiger partial charge in [-0.15, -0.1) is 0 Å². The van der Waals surface area contributed by atoms with Crippen LogP contribution in [-0.2, 0) is 24.0 Å². The van der Waals surface area contributed by atoms with Crippen molar-refractivity contribution in [2.75, 3.05) is 13.7 Å². The lowest BCUT2D eigenvalue weighted by Gasteiger charge is -2.59. The van der Waals surface area contributed by atoms with Crippen LogP contribution in [0, 0.1) is 28.6 Å². The molecular formula is C32H42N2O6. The molecule has 0 aromatic heterocycles. The predicted molar refractivity (Wildman–Crippen MR) is 150 cm³/mol. The van der Waals surface area contributed by atoms with Crippen LogP contribution in [0.5, 0.6) is 0 Å². The number of benzene rings is 1. The molecule has 5 rings (SSSR count). The van der Waals surface area contributed by atoms with Gasteiger partial charge in [0, 0.05) is 5.41 Å². The average Bonchev–Trinajstić information content (AvgIpc) is 3.23. The molecule has 0 heterocycles. The molecule has 0 spiro atoms. The number of ether oxygens (including phenoxy) is 1. The first-order valence-corrected chi connectivity index (χ1v) is 14.6. The van der Waals surface area contributed by atoms with E-state index in [4.69, 9.17) is 9.57 Å². The van der Waals surface area contributed by atoms with Crippen LogP contribution in [0.3, 0.4) is 0 Å². The van der Waals surface area contributed by atoms with E-state index in [2.05, 4.69) is 30.4 Å². The number of esters is 1. The molecular weight excluding hydrogens is 508 g/mol. The number of ketones is 1. The Morgan fingerprint density at radius 1 is 1.05 bits per heavy atom. The van der Waals surface area contributed by atoms with E-state index in [-0.39, 0.29) is 23.2 Å². The van der Waals surface area contributed by atoms with E-state index in [1.54, 1.807) is 31.2 Å². The molecule has 40 heavy (non-hydrogen) atoms. The molecule has 0 radical (unpaired) electrons. The van der Waals surface area contributed by atoms with Gasteiger partial charge in [-0.05, 0) is 93.1 Å². The van der Waals surface area contributed by atoms with Gasteiger partial charge in [-0.3, -0.25) is 9.59 Å². The van der Waals surface area contributed by atoms with E-state index >= 15 is 0 Å². The first-order chi connectivity index (χ1) is 19.0. The number of hydrogen-bond acceptors (Lipinski definition) is 7. The van der Waals surface area contributed by atoms with Gasteiger partial charge in [0.2, 0.25) is 0 Å². The summed E-state index contributed by atoms with van der Waals surface area (Å²) < 4.78 is 4.86. The standard InChI is InChI=1S/C32H42N2O6/c1-20(35)32(38)17-14-26-24-11-10-22-18-23(12-15-30(22,2)25(24)13-16-31(26,32)3)34-40-19-27(36)33-28(29(37)39-4)21-8-6-5-7-9-21/h5-9,18,24-26,28,38H,10-17,19H2,1-4H3,(H,33,36)/b34-23+/t24-,25+,26+,28-,30+,31+,32+/m1/s1. The maximum absolute atomic E-state index is 12.6. The third-order valence-electron chi connectivity index (χ3n) is 11.0. The molecule has 2 N–H and O–H groups in total. The number of rotatable bonds is 7. The minimum absolute atomic E-state index is 0.0704. The number of amides is 1. The normalized spacial score (nSPS) is 36.4. The van der Waals surface area contributed by atoms with Crippen LogP contribution in [0.15, 0.2) is 47.1 Å². The molecule has 8 heteroatoms. The van der Waals surface area contributed by atoms with E-state index in [1.807, 2.05) is 6.07 Å². The van der Waals surface area contributed by atoms with E-state index in [0.717, 1.165) is 50.7 Å². The molecule has 3 fully saturated rings. The Morgan fingerprint density at radius 2 is 1.77 bits per heavy atom. The zero-order chi connectivity index (χ0) is 28.7. The molecule has 1 aromatic rings. The number of aliphatic hydroxyl groups is 1. The van der Waals surface area contributed by atoms with Crippen LogP contribution < -0.4 is 5.32 Å². The van der Waals surface area contributed by atoms with E-state index in [9.17, 15) is 19.5 Å². The van der Waals surface area contributed by atoms with Gasteiger partial charge >= 0.3 is 5.97 Å². The Kier molecular flexibility index (Phi) is 7.68. The second-order valence-electron chi connectivity index (χ2n) is 12.7. The molecule has 216 valence electrons. The summed E-state index contributed by atoms with van der Waals surface area (Å²) in [4.78, 5) is 42.7. The van der Waals surface area contributed by atoms with E-state index in [1.165, 1.54) is 12.7 Å². The highest BCUT2D eigenvalue weighted by Crippen LogP contribution is 2.67.